The number of nitrogens with one attached hydrogen (secondary N) is 2. The predicted molar refractivity (Wildman–Crippen MR) is 106 cm³/mol. The summed E-state index contributed by atoms with van der Waals surface area (Å²) >= 11 is 0. The molecule has 1 atom stereocenters. The third-order valence-corrected chi connectivity index (χ3v) is 4.94. The van der Waals surface area contributed by atoms with Crippen molar-refractivity contribution in [3.8, 4) is 5.88 Å². The van der Waals surface area contributed by atoms with Gasteiger partial charge >= 0.3 is 0 Å². The molecular weight excluding hydrogens is 391 g/mol. The van der Waals surface area contributed by atoms with Gasteiger partial charge in [-0.25, -0.2) is 24.2 Å². The quantitative estimate of drug-likeness (QED) is 0.685. The first-order valence-electron chi connectivity index (χ1n) is 9.46. The van der Waals surface area contributed by atoms with E-state index < -0.39 is 17.6 Å². The summed E-state index contributed by atoms with van der Waals surface area (Å²) in [6, 6.07) is 4.41. The van der Waals surface area contributed by atoms with E-state index in [1.807, 2.05) is 13.8 Å². The van der Waals surface area contributed by atoms with E-state index in [1.165, 1.54) is 12.1 Å². The molecule has 0 unspecified atom stereocenters. The fourth-order valence-corrected chi connectivity index (χ4v) is 3.59. The summed E-state index contributed by atoms with van der Waals surface area (Å²) in [7, 11) is 0. The van der Waals surface area contributed by atoms with Gasteiger partial charge in [-0.15, -0.1) is 0 Å². The van der Waals surface area contributed by atoms with Gasteiger partial charge in [0.25, 0.3) is 0 Å². The van der Waals surface area contributed by atoms with Crippen LogP contribution in [0.4, 0.5) is 10.1 Å². The summed E-state index contributed by atoms with van der Waals surface area (Å²) in [5.74, 6) is 0.281. The standard InChI is InChI=1S/C20H19FN6O3/c1-10(13-8-12(21)6-11-7-15(28)23-17(11)13)29-16-4-5-27-19(24-16)14(9-22-27)18-25-20(2,3)30-26-18/h4-6,8-10H,7H2,1-3H3,(H,23,28)(H,25,26)/t10-/m1/s1. The van der Waals surface area contributed by atoms with E-state index in [2.05, 4.69) is 25.9 Å². The number of fused-ring (bicyclic) bond motifs is 2. The fraction of sp³-hybridized carbons (Fsp3) is 0.300. The molecule has 0 aliphatic carbocycles. The molecule has 0 bridgehead atoms. The molecule has 2 aliphatic heterocycles. The van der Waals surface area contributed by atoms with Gasteiger partial charge in [0.15, 0.2) is 17.2 Å². The molecule has 0 radical (unpaired) electrons. The molecule has 154 valence electrons. The Bertz CT molecular complexity index is 1220. The zero-order valence-electron chi connectivity index (χ0n) is 16.6. The number of hydroxylamine groups is 1. The smallest absolute Gasteiger partial charge is 0.228 e. The number of hydrogen-bond acceptors (Lipinski definition) is 7. The Kier molecular flexibility index (Phi) is 4.00. The van der Waals surface area contributed by atoms with Gasteiger partial charge in [0.05, 0.1) is 23.9 Å². The number of halogens is 1. The van der Waals surface area contributed by atoms with Gasteiger partial charge < -0.3 is 10.1 Å². The third kappa shape index (κ3) is 3.14. The molecule has 1 amide bonds. The lowest BCUT2D eigenvalue weighted by atomic mass is 10.0. The highest BCUT2D eigenvalue weighted by Crippen LogP contribution is 2.34. The van der Waals surface area contributed by atoms with Gasteiger partial charge in [0.2, 0.25) is 11.8 Å². The van der Waals surface area contributed by atoms with Crippen molar-refractivity contribution in [2.45, 2.75) is 39.0 Å². The zero-order chi connectivity index (χ0) is 21.0. The Labute approximate surface area is 170 Å². The number of hydrogen-bond donors (Lipinski definition) is 2. The maximum Gasteiger partial charge on any atom is 0.228 e. The summed E-state index contributed by atoms with van der Waals surface area (Å²) in [5, 5.41) is 7.06. The van der Waals surface area contributed by atoms with Crippen molar-refractivity contribution in [3.63, 3.8) is 0 Å². The largest absolute Gasteiger partial charge is 0.470 e. The first kappa shape index (κ1) is 18.5. The molecule has 9 nitrogen and oxygen atoms in total. The molecule has 5 rings (SSSR count). The molecule has 3 aromatic rings. The van der Waals surface area contributed by atoms with Gasteiger partial charge in [0, 0.05) is 17.8 Å². The maximum absolute atomic E-state index is 14.0. The number of ether oxygens (including phenoxy) is 1. The Hall–Kier alpha value is -3.53. The molecule has 2 N–H and O–H groups in total. The Morgan fingerprint density at radius 3 is 2.97 bits per heavy atom. The van der Waals surface area contributed by atoms with Crippen LogP contribution in [0.3, 0.4) is 0 Å². The van der Waals surface area contributed by atoms with Crippen LogP contribution < -0.4 is 15.5 Å². The molecule has 1 aromatic carbocycles. The monoisotopic (exact) mass is 410 g/mol. The van der Waals surface area contributed by atoms with Crippen LogP contribution in [0.15, 0.2) is 35.6 Å². The lowest BCUT2D eigenvalue weighted by Gasteiger charge is -2.17. The number of carbonyl (C=O) groups is 1. The second kappa shape index (κ2) is 6.49. The molecule has 4 heterocycles. The first-order chi connectivity index (χ1) is 14.3. The van der Waals surface area contributed by atoms with Crippen molar-refractivity contribution in [1.82, 2.24) is 20.1 Å². The van der Waals surface area contributed by atoms with Crippen molar-refractivity contribution in [1.29, 1.82) is 0 Å². The van der Waals surface area contributed by atoms with E-state index in [9.17, 15) is 9.18 Å². The van der Waals surface area contributed by atoms with Crippen LogP contribution in [-0.2, 0) is 16.1 Å². The van der Waals surface area contributed by atoms with E-state index in [-0.39, 0.29) is 12.3 Å². The van der Waals surface area contributed by atoms with Crippen molar-refractivity contribution in [2.24, 2.45) is 4.99 Å². The maximum atomic E-state index is 14.0. The highest BCUT2D eigenvalue weighted by atomic mass is 19.1. The van der Waals surface area contributed by atoms with Gasteiger partial charge in [-0.3, -0.25) is 4.79 Å². The molecule has 0 saturated heterocycles. The number of anilines is 1. The minimum absolute atomic E-state index is 0.156. The Morgan fingerprint density at radius 1 is 1.37 bits per heavy atom. The SMILES string of the molecule is C[C@@H](Oc1ccn2ncc(C3=NC(C)(C)ON3)c2n1)c1cc(F)cc2c1NC(=O)C2. The van der Waals surface area contributed by atoms with Crippen LogP contribution >= 0.6 is 0 Å². The van der Waals surface area contributed by atoms with E-state index in [1.54, 1.807) is 29.9 Å². The number of aromatic nitrogens is 3. The number of amidine groups is 1. The molecule has 30 heavy (non-hydrogen) atoms. The Morgan fingerprint density at radius 2 is 2.20 bits per heavy atom. The predicted octanol–water partition coefficient (Wildman–Crippen LogP) is 2.52. The highest BCUT2D eigenvalue weighted by Gasteiger charge is 2.29. The topological polar surface area (TPSA) is 102 Å². The third-order valence-electron chi connectivity index (χ3n) is 4.94. The highest BCUT2D eigenvalue weighted by molar-refractivity contribution is 6.03. The van der Waals surface area contributed by atoms with Crippen LogP contribution in [0.2, 0.25) is 0 Å². The van der Waals surface area contributed by atoms with Crippen LogP contribution in [0, 0.1) is 5.82 Å². The summed E-state index contributed by atoms with van der Waals surface area (Å²) < 4.78 is 21.6. The van der Waals surface area contributed by atoms with Crippen molar-refractivity contribution >= 4 is 23.1 Å². The van der Waals surface area contributed by atoms with Gasteiger partial charge in [0.1, 0.15) is 11.9 Å². The van der Waals surface area contributed by atoms with Crippen molar-refractivity contribution in [2.75, 3.05) is 5.32 Å². The molecule has 0 fully saturated rings. The van der Waals surface area contributed by atoms with E-state index >= 15 is 0 Å². The summed E-state index contributed by atoms with van der Waals surface area (Å²) in [6.07, 6.45) is 2.97. The fourth-order valence-electron chi connectivity index (χ4n) is 3.59. The average molecular weight is 410 g/mol. The van der Waals surface area contributed by atoms with Crippen LogP contribution in [0.5, 0.6) is 5.88 Å². The summed E-state index contributed by atoms with van der Waals surface area (Å²) in [5.41, 5.74) is 5.10. The van der Waals surface area contributed by atoms with E-state index in [0.717, 1.165) is 0 Å². The first-order valence-corrected chi connectivity index (χ1v) is 9.46. The van der Waals surface area contributed by atoms with E-state index in [4.69, 9.17) is 9.57 Å². The number of nitrogens with zero attached hydrogens (tertiary/aromatic N) is 4. The molecule has 2 aromatic heterocycles. The van der Waals surface area contributed by atoms with Crippen LogP contribution in [0.25, 0.3) is 5.65 Å². The van der Waals surface area contributed by atoms with Gasteiger partial charge in [-0.2, -0.15) is 10.1 Å². The molecular formula is C20H19FN6O3. The van der Waals surface area contributed by atoms with Crippen LogP contribution in [-0.4, -0.2) is 32.1 Å². The molecule has 2 aliphatic rings. The lowest BCUT2D eigenvalue weighted by molar-refractivity contribution is -0.115. The molecule has 0 spiro atoms. The number of benzene rings is 1. The average Bonchev–Trinajstić information content (AvgIpc) is 3.36. The number of amides is 1. The minimum Gasteiger partial charge on any atom is -0.470 e. The lowest BCUT2D eigenvalue weighted by Crippen LogP contribution is -2.23. The second-order valence-electron chi connectivity index (χ2n) is 7.72. The van der Waals surface area contributed by atoms with E-state index in [0.29, 0.717) is 39.7 Å². The number of aliphatic imine (C=N–C) groups is 1. The van der Waals surface area contributed by atoms with Crippen molar-refractivity contribution < 1.29 is 18.8 Å². The van der Waals surface area contributed by atoms with Crippen LogP contribution in [0.1, 0.15) is 43.6 Å². The summed E-state index contributed by atoms with van der Waals surface area (Å²) in [6.45, 7) is 5.44. The molecule has 10 heteroatoms. The van der Waals surface area contributed by atoms with Gasteiger partial charge in [-0.1, -0.05) is 0 Å². The Balaban J connectivity index is 1.47. The normalized spacial score (nSPS) is 18.0. The molecule has 0 saturated carbocycles. The van der Waals surface area contributed by atoms with Crippen molar-refractivity contribution in [3.05, 3.63) is 53.1 Å². The second-order valence-corrected chi connectivity index (χ2v) is 7.72. The zero-order valence-corrected chi connectivity index (χ0v) is 16.6. The minimum atomic E-state index is -0.686. The summed E-state index contributed by atoms with van der Waals surface area (Å²) in [4.78, 5) is 26.2. The number of rotatable bonds is 4. The number of carbonyl (C=O) groups excluding carboxylic acids is 1. The van der Waals surface area contributed by atoms with Gasteiger partial charge in [-0.05, 0) is 38.5 Å².